The van der Waals surface area contributed by atoms with Crippen LogP contribution in [-0.4, -0.2) is 87.4 Å². The lowest BCUT2D eigenvalue weighted by atomic mass is 10.0. The number of hydrogen-bond donors (Lipinski definition) is 1. The number of allylic oxidation sites excluding steroid dienone is 23. The number of likely N-dealkylation sites (N-methyl/N-ethyl adjacent to an activating group) is 1. The summed E-state index contributed by atoms with van der Waals surface area (Å²) in [7, 11) is 5.93. The maximum atomic E-state index is 12.9. The van der Waals surface area contributed by atoms with E-state index in [1.807, 2.05) is 27.2 Å². The largest absolute Gasteiger partial charge is 0.477 e. The fourth-order valence-corrected chi connectivity index (χ4v) is 7.95. The van der Waals surface area contributed by atoms with Crippen molar-refractivity contribution in [2.24, 2.45) is 0 Å². The summed E-state index contributed by atoms with van der Waals surface area (Å²) in [5.74, 6) is -2.18. The topological polar surface area (TPSA) is 108 Å². The third-order valence-electron chi connectivity index (χ3n) is 12.6. The van der Waals surface area contributed by atoms with Crippen LogP contribution in [0.2, 0.25) is 0 Å². The summed E-state index contributed by atoms with van der Waals surface area (Å²) in [6, 6.07) is 0. The molecule has 0 aromatic heterocycles. The van der Waals surface area contributed by atoms with Crippen molar-refractivity contribution in [3.63, 3.8) is 0 Å². The van der Waals surface area contributed by atoms with E-state index in [1.54, 1.807) is 6.08 Å². The molecule has 0 saturated carbocycles. The van der Waals surface area contributed by atoms with Crippen LogP contribution in [0.3, 0.4) is 0 Å². The van der Waals surface area contributed by atoms with E-state index in [1.165, 1.54) is 89.9 Å². The number of nitrogens with zero attached hydrogens (tertiary/aromatic N) is 1. The molecule has 9 nitrogen and oxygen atoms in total. The minimum absolute atomic E-state index is 0.0645. The van der Waals surface area contributed by atoms with Gasteiger partial charge in [0.25, 0.3) is 6.29 Å². The third-order valence-corrected chi connectivity index (χ3v) is 12.6. The summed E-state index contributed by atoms with van der Waals surface area (Å²) in [5, 5.41) is 9.69. The predicted molar refractivity (Wildman–Crippen MR) is 336 cm³/mol. The number of carboxylic acid groups (broad SMARTS) is 1. The molecule has 0 aliphatic heterocycles. The summed E-state index contributed by atoms with van der Waals surface area (Å²) in [6.45, 7) is 4.52. The van der Waals surface area contributed by atoms with E-state index in [4.69, 9.17) is 18.9 Å². The first-order valence-electron chi connectivity index (χ1n) is 31.0. The normalized spacial score (nSPS) is 13.8. The first-order valence-corrected chi connectivity index (χ1v) is 31.0. The van der Waals surface area contributed by atoms with Crippen molar-refractivity contribution in [1.29, 1.82) is 0 Å². The van der Waals surface area contributed by atoms with Crippen molar-refractivity contribution >= 4 is 17.9 Å². The lowest BCUT2D eigenvalue weighted by Crippen LogP contribution is -2.40. The zero-order chi connectivity index (χ0) is 57.6. The fourth-order valence-electron chi connectivity index (χ4n) is 7.95. The second kappa shape index (κ2) is 59.3. The standard InChI is InChI=1S/C70H113NO8/c1-6-8-10-12-14-16-18-20-22-23-24-25-26-27-28-29-30-31-32-33-34-35-36-37-38-39-40-41-42-43-44-45-47-49-51-53-55-57-59-61-68(73)79-66(65-78-70(69(74)75)76-63-62-71(3,4)5)64-77-67(72)60-58-56-54-52-50-48-46-21-19-17-15-13-11-9-7-2/h8-11,14-17,20-22,24-25,27-28,30-31,33-34,46,50,52,56,58,66,70H,6-7,12-13,18-19,23,26,29,32,35-45,47-49,51,53-55,57,59-65H2,1-5H3/p+1/b10-8-,11-9-,16-14-,17-15-,22-20-,25-24-,28-27-,31-30-,34-33-,46-21-,52-50-,58-56-. The van der Waals surface area contributed by atoms with E-state index in [0.29, 0.717) is 23.9 Å². The highest BCUT2D eigenvalue weighted by atomic mass is 16.7. The molecular weight excluding hydrogens is 983 g/mol. The van der Waals surface area contributed by atoms with Gasteiger partial charge in [0.05, 0.1) is 40.8 Å². The molecule has 0 aliphatic rings. The third kappa shape index (κ3) is 60.7. The number of ether oxygens (including phenoxy) is 4. The van der Waals surface area contributed by atoms with Gasteiger partial charge in [0.1, 0.15) is 13.2 Å². The van der Waals surface area contributed by atoms with Crippen molar-refractivity contribution < 1.29 is 42.9 Å². The van der Waals surface area contributed by atoms with E-state index in [0.717, 1.165) is 89.9 Å². The maximum Gasteiger partial charge on any atom is 0.361 e. The van der Waals surface area contributed by atoms with Gasteiger partial charge in [0.2, 0.25) is 0 Å². The van der Waals surface area contributed by atoms with Gasteiger partial charge in [-0.15, -0.1) is 0 Å². The van der Waals surface area contributed by atoms with E-state index < -0.39 is 30.3 Å². The van der Waals surface area contributed by atoms with Crippen LogP contribution < -0.4 is 0 Å². The van der Waals surface area contributed by atoms with Crippen molar-refractivity contribution in [3.05, 3.63) is 146 Å². The Morgan fingerprint density at radius 2 is 0.722 bits per heavy atom. The Labute approximate surface area is 483 Å². The Bertz CT molecular complexity index is 1800. The molecule has 1 N–H and O–H groups in total. The Morgan fingerprint density at radius 1 is 0.392 bits per heavy atom. The van der Waals surface area contributed by atoms with Gasteiger partial charge in [0, 0.05) is 6.42 Å². The van der Waals surface area contributed by atoms with Crippen LogP contribution in [0.5, 0.6) is 0 Å². The number of unbranched alkanes of at least 4 members (excludes halogenated alkanes) is 17. The highest BCUT2D eigenvalue weighted by Gasteiger charge is 2.25. The summed E-state index contributed by atoms with van der Waals surface area (Å²) in [6.07, 6.45) is 84.2. The molecule has 2 atom stereocenters. The van der Waals surface area contributed by atoms with Gasteiger partial charge in [-0.3, -0.25) is 9.59 Å². The van der Waals surface area contributed by atoms with Gasteiger partial charge in [0.15, 0.2) is 6.10 Å². The van der Waals surface area contributed by atoms with Gasteiger partial charge in [-0.05, 0) is 96.3 Å². The number of quaternary nitrogens is 1. The quantitative estimate of drug-likeness (QED) is 0.0211. The number of hydrogen-bond acceptors (Lipinski definition) is 7. The zero-order valence-corrected chi connectivity index (χ0v) is 50.7. The molecule has 0 spiro atoms. The van der Waals surface area contributed by atoms with Crippen molar-refractivity contribution in [3.8, 4) is 0 Å². The number of carbonyl (C=O) groups is 3. The number of carboxylic acids is 1. The van der Waals surface area contributed by atoms with Crippen molar-refractivity contribution in [2.75, 3.05) is 47.5 Å². The molecule has 0 aromatic carbocycles. The highest BCUT2D eigenvalue weighted by Crippen LogP contribution is 2.16. The minimum Gasteiger partial charge on any atom is -0.477 e. The van der Waals surface area contributed by atoms with Crippen LogP contribution in [0, 0.1) is 0 Å². The van der Waals surface area contributed by atoms with Crippen LogP contribution in [0.1, 0.15) is 219 Å². The molecule has 0 saturated heterocycles. The molecule has 0 aliphatic carbocycles. The molecule has 0 radical (unpaired) electrons. The number of esters is 2. The monoisotopic (exact) mass is 1100 g/mol. The SMILES string of the molecule is CC/C=C\C/C=C\C/C=C\C/C=C\C/C=C\C/C=C\C/C=C\CCCCCCCCCCCCCCCCCCCC(=O)OC(COC(=O)C/C=C\C/C=C\C/C=C\C/C=C\C/C=C\CC)COC(OCC[N+](C)(C)C)C(=O)O. The molecule has 0 aromatic rings. The average molecular weight is 1100 g/mol. The molecule has 0 amide bonds. The van der Waals surface area contributed by atoms with E-state index >= 15 is 0 Å². The second-order valence-electron chi connectivity index (χ2n) is 21.3. The van der Waals surface area contributed by atoms with E-state index in [2.05, 4.69) is 148 Å². The lowest BCUT2D eigenvalue weighted by molar-refractivity contribution is -0.870. The molecule has 0 heterocycles. The van der Waals surface area contributed by atoms with Gasteiger partial charge in [-0.25, -0.2) is 4.79 Å². The van der Waals surface area contributed by atoms with Crippen LogP contribution in [0.15, 0.2) is 146 Å². The molecule has 0 fully saturated rings. The van der Waals surface area contributed by atoms with Crippen molar-refractivity contribution in [2.45, 2.75) is 232 Å². The van der Waals surface area contributed by atoms with Crippen LogP contribution >= 0.6 is 0 Å². The van der Waals surface area contributed by atoms with Gasteiger partial charge < -0.3 is 28.5 Å². The summed E-state index contributed by atoms with van der Waals surface area (Å²) < 4.78 is 22.7. The Hall–Kier alpha value is -4.83. The van der Waals surface area contributed by atoms with Crippen LogP contribution in [0.4, 0.5) is 0 Å². The van der Waals surface area contributed by atoms with E-state index in [-0.39, 0.29) is 32.7 Å². The van der Waals surface area contributed by atoms with Crippen molar-refractivity contribution in [1.82, 2.24) is 0 Å². The smallest absolute Gasteiger partial charge is 0.361 e. The van der Waals surface area contributed by atoms with E-state index in [9.17, 15) is 19.5 Å². The lowest BCUT2D eigenvalue weighted by Gasteiger charge is -2.25. The fraction of sp³-hybridized carbons (Fsp3) is 0.614. The Balaban J connectivity index is 4.12. The molecule has 0 bridgehead atoms. The molecule has 0 rings (SSSR count). The molecular formula is C70H114NO8+. The molecule has 79 heavy (non-hydrogen) atoms. The average Bonchev–Trinajstić information content (AvgIpc) is 3.42. The van der Waals surface area contributed by atoms with Gasteiger partial charge in [-0.2, -0.15) is 0 Å². The van der Waals surface area contributed by atoms with Gasteiger partial charge in [-0.1, -0.05) is 256 Å². The Morgan fingerprint density at radius 3 is 1.08 bits per heavy atom. The van der Waals surface area contributed by atoms with Crippen LogP contribution in [-0.2, 0) is 33.3 Å². The number of rotatable bonds is 55. The number of carbonyl (C=O) groups excluding carboxylic acids is 2. The number of aliphatic carboxylic acids is 1. The first-order chi connectivity index (χ1) is 38.6. The molecule has 2 unspecified atom stereocenters. The second-order valence-corrected chi connectivity index (χ2v) is 21.3. The zero-order valence-electron chi connectivity index (χ0n) is 50.7. The highest BCUT2D eigenvalue weighted by molar-refractivity contribution is 5.72. The predicted octanol–water partition coefficient (Wildman–Crippen LogP) is 18.8. The summed E-state index contributed by atoms with van der Waals surface area (Å²) in [5.41, 5.74) is 0. The first kappa shape index (κ1) is 74.2. The minimum atomic E-state index is -1.54. The maximum absolute atomic E-state index is 12.9. The Kier molecular flexibility index (Phi) is 55.7. The molecule has 9 heteroatoms. The van der Waals surface area contributed by atoms with Crippen LogP contribution in [0.25, 0.3) is 0 Å². The summed E-state index contributed by atoms with van der Waals surface area (Å²) in [4.78, 5) is 37.3. The molecule has 446 valence electrons. The van der Waals surface area contributed by atoms with Gasteiger partial charge >= 0.3 is 17.9 Å². The summed E-state index contributed by atoms with van der Waals surface area (Å²) >= 11 is 0.